The number of carbonyl (C=O) groups excluding carboxylic acids is 2. The lowest BCUT2D eigenvalue weighted by atomic mass is 9.95. The Hall–Kier alpha value is -2.10. The van der Waals surface area contributed by atoms with Crippen LogP contribution >= 0.6 is 22.9 Å². The van der Waals surface area contributed by atoms with Gasteiger partial charge in [-0.3, -0.25) is 9.10 Å². The molecule has 7 nitrogen and oxygen atoms in total. The van der Waals surface area contributed by atoms with Crippen molar-refractivity contribution < 1.29 is 22.7 Å². The van der Waals surface area contributed by atoms with E-state index in [4.69, 9.17) is 16.3 Å². The fraction of sp³-hybridized carbons (Fsp3) is 0.429. The number of carbonyl (C=O) groups is 2. The van der Waals surface area contributed by atoms with Crippen molar-refractivity contribution in [3.8, 4) is 0 Å². The molecule has 1 N–H and O–H groups in total. The second-order valence-electron chi connectivity index (χ2n) is 7.38. The Bertz CT molecular complexity index is 1110. The molecule has 0 radical (unpaired) electrons. The summed E-state index contributed by atoms with van der Waals surface area (Å²) in [4.78, 5) is 26.5. The van der Waals surface area contributed by atoms with Gasteiger partial charge in [0, 0.05) is 9.90 Å². The zero-order valence-corrected chi connectivity index (χ0v) is 20.0. The Balaban J connectivity index is 1.89. The summed E-state index contributed by atoms with van der Waals surface area (Å²) in [6.45, 7) is 3.26. The minimum atomic E-state index is -3.74. The highest BCUT2D eigenvalue weighted by Crippen LogP contribution is 2.38. The van der Waals surface area contributed by atoms with Gasteiger partial charge < -0.3 is 10.1 Å². The monoisotopic (exact) mass is 484 g/mol. The van der Waals surface area contributed by atoms with Crippen molar-refractivity contribution in [2.45, 2.75) is 39.5 Å². The van der Waals surface area contributed by atoms with Crippen LogP contribution in [-0.2, 0) is 32.4 Å². The van der Waals surface area contributed by atoms with Crippen LogP contribution in [0.3, 0.4) is 0 Å². The van der Waals surface area contributed by atoms with Crippen LogP contribution in [-0.4, -0.2) is 39.7 Å². The van der Waals surface area contributed by atoms with Crippen molar-refractivity contribution in [3.05, 3.63) is 44.8 Å². The van der Waals surface area contributed by atoms with E-state index in [1.807, 2.05) is 0 Å². The van der Waals surface area contributed by atoms with Gasteiger partial charge in [0.1, 0.15) is 11.5 Å². The van der Waals surface area contributed by atoms with Crippen LogP contribution in [0.15, 0.2) is 18.2 Å². The van der Waals surface area contributed by atoms with Gasteiger partial charge in [0.2, 0.25) is 15.9 Å². The number of benzene rings is 1. The summed E-state index contributed by atoms with van der Waals surface area (Å²) in [7, 11) is -3.74. The topological polar surface area (TPSA) is 92.8 Å². The number of ether oxygens (including phenoxy) is 1. The number of nitrogens with zero attached hydrogens (tertiary/aromatic N) is 1. The van der Waals surface area contributed by atoms with Crippen LogP contribution in [0.25, 0.3) is 0 Å². The zero-order chi connectivity index (χ0) is 22.8. The molecule has 31 heavy (non-hydrogen) atoms. The molecular weight excluding hydrogens is 460 g/mol. The minimum Gasteiger partial charge on any atom is -0.462 e. The number of aryl methyl sites for hydroxylation is 2. The molecule has 0 atom stereocenters. The molecule has 1 heterocycles. The quantitative estimate of drug-likeness (QED) is 0.595. The van der Waals surface area contributed by atoms with Crippen molar-refractivity contribution in [3.63, 3.8) is 0 Å². The standard InChI is InChI=1S/C21H25ClN2O5S2/c1-4-29-21(26)19-15-7-5-6-8-17(15)30-20(19)23-18(25)12-24(31(3,27)28)16-10-9-14(22)11-13(16)2/h9-11H,4-8,12H2,1-3H3,(H,23,25). The third-order valence-corrected chi connectivity index (χ3v) is 7.59. The van der Waals surface area contributed by atoms with Gasteiger partial charge in [-0.2, -0.15) is 0 Å². The molecule has 1 aliphatic carbocycles. The minimum absolute atomic E-state index is 0.231. The molecule has 0 saturated carbocycles. The summed E-state index contributed by atoms with van der Waals surface area (Å²) >= 11 is 7.34. The average molecular weight is 485 g/mol. The first-order chi connectivity index (χ1) is 14.6. The maximum absolute atomic E-state index is 12.9. The third kappa shape index (κ3) is 5.39. The fourth-order valence-corrected chi connectivity index (χ4v) is 6.08. The lowest BCUT2D eigenvalue weighted by molar-refractivity contribution is -0.114. The van der Waals surface area contributed by atoms with E-state index in [-0.39, 0.29) is 6.61 Å². The number of sulfonamides is 1. The first kappa shape index (κ1) is 23.6. The van der Waals surface area contributed by atoms with Gasteiger partial charge >= 0.3 is 5.97 Å². The molecule has 2 aromatic rings. The van der Waals surface area contributed by atoms with Crippen LogP contribution in [0, 0.1) is 6.92 Å². The molecule has 0 aliphatic heterocycles. The second-order valence-corrected chi connectivity index (χ2v) is 10.8. The van der Waals surface area contributed by atoms with Crippen molar-refractivity contribution >= 4 is 55.5 Å². The summed E-state index contributed by atoms with van der Waals surface area (Å²) in [5.41, 5.74) is 2.32. The van der Waals surface area contributed by atoms with Crippen LogP contribution in [0.1, 0.15) is 46.1 Å². The number of anilines is 2. The SMILES string of the molecule is CCOC(=O)c1c(NC(=O)CN(c2ccc(Cl)cc2C)S(C)(=O)=O)sc2c1CCCC2. The highest BCUT2D eigenvalue weighted by Gasteiger charge is 2.29. The van der Waals surface area contributed by atoms with E-state index >= 15 is 0 Å². The molecule has 1 aromatic carbocycles. The highest BCUT2D eigenvalue weighted by atomic mass is 35.5. The zero-order valence-electron chi connectivity index (χ0n) is 17.7. The molecule has 3 rings (SSSR count). The fourth-order valence-electron chi connectivity index (χ4n) is 3.65. The number of fused-ring (bicyclic) bond motifs is 1. The molecule has 0 spiro atoms. The molecule has 0 fully saturated rings. The Kier molecular flexibility index (Phi) is 7.28. The molecule has 0 saturated heterocycles. The van der Waals surface area contributed by atoms with Gasteiger partial charge in [-0.05, 0) is 68.9 Å². The van der Waals surface area contributed by atoms with E-state index in [2.05, 4.69) is 5.32 Å². The number of thiophene rings is 1. The van der Waals surface area contributed by atoms with Gasteiger partial charge in [-0.25, -0.2) is 13.2 Å². The Labute approximate surface area is 191 Å². The molecule has 1 aliphatic rings. The number of amides is 1. The number of halogens is 1. The third-order valence-electron chi connectivity index (χ3n) is 5.02. The van der Waals surface area contributed by atoms with Crippen LogP contribution < -0.4 is 9.62 Å². The molecule has 168 valence electrons. The average Bonchev–Trinajstić information content (AvgIpc) is 3.03. The van der Waals surface area contributed by atoms with E-state index in [0.29, 0.717) is 26.8 Å². The van der Waals surface area contributed by atoms with Crippen molar-refractivity contribution in [1.29, 1.82) is 0 Å². The first-order valence-corrected chi connectivity index (χ1v) is 13.0. The van der Waals surface area contributed by atoms with E-state index in [1.165, 1.54) is 11.3 Å². The Morgan fingerprint density at radius 2 is 1.97 bits per heavy atom. The van der Waals surface area contributed by atoms with Crippen LogP contribution in [0.2, 0.25) is 5.02 Å². The van der Waals surface area contributed by atoms with Gasteiger partial charge in [0.05, 0.1) is 24.1 Å². The number of nitrogens with one attached hydrogen (secondary N) is 1. The van der Waals surface area contributed by atoms with Gasteiger partial charge in [0.25, 0.3) is 0 Å². The van der Waals surface area contributed by atoms with Crippen molar-refractivity contribution in [2.24, 2.45) is 0 Å². The van der Waals surface area contributed by atoms with Gasteiger partial charge in [-0.1, -0.05) is 11.6 Å². The smallest absolute Gasteiger partial charge is 0.341 e. The Morgan fingerprint density at radius 1 is 1.26 bits per heavy atom. The van der Waals surface area contributed by atoms with Gasteiger partial charge in [-0.15, -0.1) is 11.3 Å². The highest BCUT2D eigenvalue weighted by molar-refractivity contribution is 7.92. The summed E-state index contributed by atoms with van der Waals surface area (Å²) < 4.78 is 31.1. The first-order valence-electron chi connectivity index (χ1n) is 9.97. The lowest BCUT2D eigenvalue weighted by Crippen LogP contribution is -2.38. The lowest BCUT2D eigenvalue weighted by Gasteiger charge is -2.23. The van der Waals surface area contributed by atoms with E-state index in [9.17, 15) is 18.0 Å². The molecule has 0 unspecified atom stereocenters. The normalized spacial score (nSPS) is 13.4. The molecule has 1 aromatic heterocycles. The van der Waals surface area contributed by atoms with E-state index in [1.54, 1.807) is 32.0 Å². The van der Waals surface area contributed by atoms with E-state index in [0.717, 1.165) is 46.7 Å². The predicted molar refractivity (Wildman–Crippen MR) is 124 cm³/mol. The summed E-state index contributed by atoms with van der Waals surface area (Å²) in [5, 5.41) is 3.64. The number of hydrogen-bond acceptors (Lipinski definition) is 6. The van der Waals surface area contributed by atoms with Crippen LogP contribution in [0.5, 0.6) is 0 Å². The van der Waals surface area contributed by atoms with E-state index < -0.39 is 28.4 Å². The van der Waals surface area contributed by atoms with Gasteiger partial charge in [0.15, 0.2) is 0 Å². The molecule has 10 heteroatoms. The Morgan fingerprint density at radius 3 is 2.61 bits per heavy atom. The number of esters is 1. The second kappa shape index (κ2) is 9.58. The number of rotatable bonds is 7. The maximum Gasteiger partial charge on any atom is 0.341 e. The largest absolute Gasteiger partial charge is 0.462 e. The summed E-state index contributed by atoms with van der Waals surface area (Å²) in [6, 6.07) is 4.78. The molecular formula is C21H25ClN2O5S2. The number of hydrogen-bond donors (Lipinski definition) is 1. The maximum atomic E-state index is 12.9. The predicted octanol–water partition coefficient (Wildman–Crippen LogP) is 4.17. The van der Waals surface area contributed by atoms with Crippen molar-refractivity contribution in [2.75, 3.05) is 29.0 Å². The molecule has 0 bridgehead atoms. The van der Waals surface area contributed by atoms with Crippen LogP contribution in [0.4, 0.5) is 10.7 Å². The van der Waals surface area contributed by atoms with Crippen molar-refractivity contribution in [1.82, 2.24) is 0 Å². The summed E-state index contributed by atoms with van der Waals surface area (Å²) in [6.07, 6.45) is 4.65. The molecule has 1 amide bonds. The summed E-state index contributed by atoms with van der Waals surface area (Å²) in [5.74, 6) is -1.00.